The molecule has 0 aliphatic carbocycles. The van der Waals surface area contributed by atoms with Crippen LogP contribution in [0.1, 0.15) is 30.1 Å². The highest BCUT2D eigenvalue weighted by atomic mass is 19.1. The number of carbonyl (C=O) groups excluding carboxylic acids is 1. The van der Waals surface area contributed by atoms with E-state index in [0.29, 0.717) is 30.8 Å². The molecule has 1 saturated heterocycles. The second-order valence-electron chi connectivity index (χ2n) is 7.38. The van der Waals surface area contributed by atoms with E-state index in [1.165, 1.54) is 6.20 Å². The topological polar surface area (TPSA) is 178 Å². The average Bonchev–Trinajstić information content (AvgIpc) is 2.78. The molecular formula is C21H26FN4O7-. The van der Waals surface area contributed by atoms with E-state index in [9.17, 15) is 28.7 Å². The van der Waals surface area contributed by atoms with Crippen LogP contribution in [0.15, 0.2) is 23.1 Å². The SMILES string of the molecule is CCn1cc(C(=O)[O-])c(=O)c2cc(F)c(N3CCNCC3)cc21.N[C@@H](CCC(=O)O)C(=O)O. The molecule has 33 heavy (non-hydrogen) atoms. The zero-order valence-electron chi connectivity index (χ0n) is 18.0. The van der Waals surface area contributed by atoms with Gasteiger partial charge in [-0.05, 0) is 25.5 Å². The van der Waals surface area contributed by atoms with Crippen molar-refractivity contribution in [3.05, 3.63) is 39.9 Å². The molecule has 0 radical (unpaired) electrons. The number of aromatic nitrogens is 1. The van der Waals surface area contributed by atoms with Crippen LogP contribution in [-0.4, -0.2) is 64.9 Å². The van der Waals surface area contributed by atoms with Gasteiger partial charge in [0.05, 0.1) is 22.7 Å². The zero-order chi connectivity index (χ0) is 24.7. The van der Waals surface area contributed by atoms with Gasteiger partial charge in [-0.3, -0.25) is 14.4 Å². The fourth-order valence-corrected chi connectivity index (χ4v) is 3.36. The Kier molecular flexibility index (Phi) is 8.88. The fraction of sp³-hybridized carbons (Fsp3) is 0.429. The predicted octanol–water partition coefficient (Wildman–Crippen LogP) is -0.803. The summed E-state index contributed by atoms with van der Waals surface area (Å²) in [5.74, 6) is -4.27. The summed E-state index contributed by atoms with van der Waals surface area (Å²) < 4.78 is 16.1. The first-order valence-corrected chi connectivity index (χ1v) is 10.3. The van der Waals surface area contributed by atoms with Crippen LogP contribution in [0.5, 0.6) is 0 Å². The summed E-state index contributed by atoms with van der Waals surface area (Å²) >= 11 is 0. The van der Waals surface area contributed by atoms with Crippen molar-refractivity contribution in [1.82, 2.24) is 9.88 Å². The number of nitrogens with one attached hydrogen (secondary N) is 1. The average molecular weight is 465 g/mol. The zero-order valence-corrected chi connectivity index (χ0v) is 18.0. The van der Waals surface area contributed by atoms with Crippen molar-refractivity contribution in [2.24, 2.45) is 5.73 Å². The van der Waals surface area contributed by atoms with Gasteiger partial charge in [0.15, 0.2) is 5.43 Å². The largest absolute Gasteiger partial charge is 0.545 e. The second kappa shape index (κ2) is 11.4. The molecule has 0 spiro atoms. The first-order chi connectivity index (χ1) is 15.6. The lowest BCUT2D eigenvalue weighted by Gasteiger charge is -2.30. The highest BCUT2D eigenvalue weighted by molar-refractivity contribution is 5.92. The lowest BCUT2D eigenvalue weighted by atomic mass is 10.1. The van der Waals surface area contributed by atoms with Gasteiger partial charge >= 0.3 is 11.9 Å². The molecule has 1 aromatic heterocycles. The van der Waals surface area contributed by atoms with E-state index in [0.717, 1.165) is 19.2 Å². The maximum Gasteiger partial charge on any atom is 0.320 e. The molecule has 5 N–H and O–H groups in total. The molecule has 1 aromatic carbocycles. The Bertz CT molecular complexity index is 1100. The minimum absolute atomic E-state index is 0.0231. The fourth-order valence-electron chi connectivity index (χ4n) is 3.36. The van der Waals surface area contributed by atoms with Gasteiger partial charge in [-0.15, -0.1) is 0 Å². The van der Waals surface area contributed by atoms with Gasteiger partial charge in [0, 0.05) is 50.7 Å². The number of carboxylic acids is 3. The van der Waals surface area contributed by atoms with Crippen molar-refractivity contribution >= 4 is 34.5 Å². The number of carbonyl (C=O) groups is 3. The van der Waals surface area contributed by atoms with Gasteiger partial charge < -0.3 is 40.6 Å². The summed E-state index contributed by atoms with van der Waals surface area (Å²) in [6.07, 6.45) is 1.04. The molecular weight excluding hydrogens is 439 g/mol. The molecule has 180 valence electrons. The lowest BCUT2D eigenvalue weighted by molar-refractivity contribution is -0.255. The normalized spacial score (nSPS) is 14.3. The number of anilines is 1. The van der Waals surface area contributed by atoms with Gasteiger partial charge in [-0.25, -0.2) is 4.39 Å². The molecule has 1 aliphatic heterocycles. The molecule has 2 aromatic rings. The van der Waals surface area contributed by atoms with E-state index < -0.39 is 40.8 Å². The highest BCUT2D eigenvalue weighted by Gasteiger charge is 2.18. The summed E-state index contributed by atoms with van der Waals surface area (Å²) in [7, 11) is 0. The number of carboxylic acid groups (broad SMARTS) is 3. The van der Waals surface area contributed by atoms with Crippen LogP contribution in [0.2, 0.25) is 0 Å². The third-order valence-electron chi connectivity index (χ3n) is 5.15. The monoisotopic (exact) mass is 465 g/mol. The predicted molar refractivity (Wildman–Crippen MR) is 116 cm³/mol. The molecule has 1 aliphatic rings. The molecule has 0 saturated carbocycles. The van der Waals surface area contributed by atoms with E-state index in [2.05, 4.69) is 5.32 Å². The van der Waals surface area contributed by atoms with Gasteiger partial charge in [0.2, 0.25) is 0 Å². The number of nitrogens with two attached hydrogens (primary N) is 1. The first kappa shape index (κ1) is 25.7. The minimum Gasteiger partial charge on any atom is -0.545 e. The number of aryl methyl sites for hydroxylation is 1. The first-order valence-electron chi connectivity index (χ1n) is 10.3. The molecule has 0 amide bonds. The second-order valence-corrected chi connectivity index (χ2v) is 7.38. The summed E-state index contributed by atoms with van der Waals surface area (Å²) in [5, 5.41) is 30.6. The van der Waals surface area contributed by atoms with Crippen molar-refractivity contribution in [3.63, 3.8) is 0 Å². The van der Waals surface area contributed by atoms with Crippen LogP contribution < -0.4 is 26.5 Å². The summed E-state index contributed by atoms with van der Waals surface area (Å²) in [4.78, 5) is 45.1. The number of pyridine rings is 1. The van der Waals surface area contributed by atoms with E-state index in [1.807, 2.05) is 11.8 Å². The molecule has 0 bridgehead atoms. The van der Waals surface area contributed by atoms with E-state index in [-0.39, 0.29) is 18.2 Å². The Morgan fingerprint density at radius 3 is 2.39 bits per heavy atom. The van der Waals surface area contributed by atoms with Crippen LogP contribution in [0.3, 0.4) is 0 Å². The highest BCUT2D eigenvalue weighted by Crippen LogP contribution is 2.25. The van der Waals surface area contributed by atoms with Crippen LogP contribution in [0.4, 0.5) is 10.1 Å². The van der Waals surface area contributed by atoms with Crippen molar-refractivity contribution in [2.45, 2.75) is 32.4 Å². The molecule has 3 rings (SSSR count). The van der Waals surface area contributed by atoms with Gasteiger partial charge in [0.1, 0.15) is 11.9 Å². The van der Waals surface area contributed by atoms with Gasteiger partial charge in [-0.1, -0.05) is 0 Å². The van der Waals surface area contributed by atoms with E-state index >= 15 is 0 Å². The molecule has 2 heterocycles. The number of nitrogens with zero attached hydrogens (tertiary/aromatic N) is 2. The number of hydrogen-bond acceptors (Lipinski definition) is 8. The number of hydrogen-bond donors (Lipinski definition) is 4. The Balaban J connectivity index is 0.000000328. The molecule has 12 heteroatoms. The number of rotatable bonds is 7. The van der Waals surface area contributed by atoms with Crippen molar-refractivity contribution < 1.29 is 34.1 Å². The smallest absolute Gasteiger partial charge is 0.320 e. The summed E-state index contributed by atoms with van der Waals surface area (Å²) in [6, 6.07) is 1.70. The number of aliphatic carboxylic acids is 2. The lowest BCUT2D eigenvalue weighted by Crippen LogP contribution is -2.44. The summed E-state index contributed by atoms with van der Waals surface area (Å²) in [6.45, 7) is 5.18. The third-order valence-corrected chi connectivity index (χ3v) is 5.15. The van der Waals surface area contributed by atoms with Crippen LogP contribution >= 0.6 is 0 Å². The van der Waals surface area contributed by atoms with Gasteiger partial charge in [0.25, 0.3) is 0 Å². The van der Waals surface area contributed by atoms with Crippen molar-refractivity contribution in [2.75, 3.05) is 31.1 Å². The maximum atomic E-state index is 14.5. The summed E-state index contributed by atoms with van der Waals surface area (Å²) in [5.41, 5.74) is 4.80. The van der Waals surface area contributed by atoms with Crippen molar-refractivity contribution in [3.8, 4) is 0 Å². The Labute approximate surface area is 188 Å². The van der Waals surface area contributed by atoms with E-state index in [4.69, 9.17) is 15.9 Å². The van der Waals surface area contributed by atoms with Crippen LogP contribution in [-0.2, 0) is 16.1 Å². The standard InChI is InChI=1S/C16H18FN3O3.C5H9NO4/c1-2-19-9-11(16(22)23)15(21)10-7-12(17)14(8-13(10)19)20-5-3-18-4-6-20;6-3(5(9)10)1-2-4(7)8/h7-9,18H,2-6H2,1H3,(H,22,23);3H,1-2,6H2,(H,7,8)(H,9,10)/p-1/t;3-/m.0/s1. The van der Waals surface area contributed by atoms with Crippen molar-refractivity contribution in [1.29, 1.82) is 0 Å². The Morgan fingerprint density at radius 1 is 1.24 bits per heavy atom. The minimum atomic E-state index is -1.55. The molecule has 11 nitrogen and oxygen atoms in total. The number of fused-ring (bicyclic) bond motifs is 1. The quantitative estimate of drug-likeness (QED) is 0.404. The van der Waals surface area contributed by atoms with E-state index in [1.54, 1.807) is 10.6 Å². The van der Waals surface area contributed by atoms with Crippen LogP contribution in [0, 0.1) is 5.82 Å². The number of benzene rings is 1. The van der Waals surface area contributed by atoms with Crippen LogP contribution in [0.25, 0.3) is 10.9 Å². The number of halogens is 1. The number of aromatic carboxylic acids is 1. The Hall–Kier alpha value is -3.51. The molecule has 1 fully saturated rings. The Morgan fingerprint density at radius 2 is 1.88 bits per heavy atom. The van der Waals surface area contributed by atoms with Gasteiger partial charge in [-0.2, -0.15) is 0 Å². The third kappa shape index (κ3) is 6.49. The molecule has 0 unspecified atom stereocenters. The molecule has 1 atom stereocenters. The maximum absolute atomic E-state index is 14.5. The number of piperazine rings is 1.